The zero-order valence-corrected chi connectivity index (χ0v) is 34.2. The number of hydrogen-bond donors (Lipinski definition) is 0. The van der Waals surface area contributed by atoms with Crippen LogP contribution >= 0.6 is 0 Å². The minimum Gasteiger partial charge on any atom is -0.0616 e. The SMILES string of the molecule is c1ccc2cc3c(cc2c1)C[C@]12c4c(c5ccccc5c5ccccc45)[C@]45Cc6cc7ccccc7cc6C4CC(CC31)C1(Cc3c(c4ccccc4c4ccccc34)C1)C25. The van der Waals surface area contributed by atoms with Gasteiger partial charge in [-0.05, 0) is 177 Å². The highest BCUT2D eigenvalue weighted by Gasteiger charge is 2.79. The number of hydrogen-bond acceptors (Lipinski definition) is 0. The zero-order chi connectivity index (χ0) is 39.4. The van der Waals surface area contributed by atoms with Gasteiger partial charge in [-0.15, -0.1) is 0 Å². The van der Waals surface area contributed by atoms with Crippen molar-refractivity contribution in [2.45, 2.75) is 61.2 Å². The van der Waals surface area contributed by atoms with Crippen molar-refractivity contribution in [1.29, 1.82) is 0 Å². The van der Waals surface area contributed by atoms with Gasteiger partial charge >= 0.3 is 0 Å². The van der Waals surface area contributed by atoms with E-state index in [1.807, 2.05) is 0 Å². The highest BCUT2D eigenvalue weighted by atomic mass is 14.8. The van der Waals surface area contributed by atoms with E-state index in [0.717, 1.165) is 12.8 Å². The summed E-state index contributed by atoms with van der Waals surface area (Å²) in [5.41, 5.74) is 13.5. The largest absolute Gasteiger partial charge is 0.0616 e. The summed E-state index contributed by atoms with van der Waals surface area (Å²) in [4.78, 5) is 0. The predicted octanol–water partition coefficient (Wildman–Crippen LogP) is 14.6. The molecular formula is C61H44. The Kier molecular flexibility index (Phi) is 5.75. The number of fused-ring (bicyclic) bond motifs is 18. The Labute approximate surface area is 355 Å². The molecule has 2 saturated carbocycles. The van der Waals surface area contributed by atoms with Crippen molar-refractivity contribution in [3.8, 4) is 0 Å². The maximum absolute atomic E-state index is 2.67. The molecule has 2 fully saturated rings. The highest BCUT2D eigenvalue weighted by Crippen LogP contribution is 2.84. The van der Waals surface area contributed by atoms with Gasteiger partial charge in [0, 0.05) is 10.8 Å². The predicted molar refractivity (Wildman–Crippen MR) is 253 cm³/mol. The molecule has 0 saturated heterocycles. The fourth-order valence-corrected chi connectivity index (χ4v) is 17.0. The summed E-state index contributed by atoms with van der Waals surface area (Å²) in [5, 5.41) is 17.4. The van der Waals surface area contributed by atoms with Gasteiger partial charge in [-0.25, -0.2) is 0 Å². The molecule has 6 aliphatic rings. The molecule has 4 unspecified atom stereocenters. The molecular weight excluding hydrogens is 733 g/mol. The van der Waals surface area contributed by atoms with Crippen molar-refractivity contribution in [2.75, 3.05) is 0 Å². The van der Waals surface area contributed by atoms with Crippen molar-refractivity contribution in [3.05, 3.63) is 214 Å². The molecule has 16 rings (SSSR count). The lowest BCUT2D eigenvalue weighted by molar-refractivity contribution is -0.113. The maximum atomic E-state index is 2.67. The van der Waals surface area contributed by atoms with E-state index in [9.17, 15) is 0 Å². The lowest BCUT2D eigenvalue weighted by Crippen LogP contribution is -2.64. The van der Waals surface area contributed by atoms with E-state index in [0.29, 0.717) is 23.7 Å². The van der Waals surface area contributed by atoms with Gasteiger partial charge in [0.2, 0.25) is 0 Å². The van der Waals surface area contributed by atoms with Crippen LogP contribution in [-0.4, -0.2) is 0 Å². The lowest BCUT2D eigenvalue weighted by atomic mass is 9.37. The normalized spacial score (nSPS) is 26.9. The standard InChI is InChI=1S/C61H44/c1-3-15-37-27-50-39(25-35(37)13-1)31-60-54(50)29-41-30-55-51-28-38-16-4-2-14-36(38)26-40(51)32-61(55,57-49-24-12-10-20-45(49)44-19-9-11-23-48(44)56(57)60)58(60)59(41)33-52-46-21-7-5-17-42(46)43-18-6-8-22-47(43)53(52)34-59/h1-28,41,54-55,58H,29-34H2/t41?,54?,55?,58?,60-,61+. The summed E-state index contributed by atoms with van der Waals surface area (Å²) < 4.78 is 0. The van der Waals surface area contributed by atoms with Crippen LogP contribution in [0.5, 0.6) is 0 Å². The van der Waals surface area contributed by atoms with E-state index in [4.69, 9.17) is 0 Å². The van der Waals surface area contributed by atoms with Crippen LogP contribution in [-0.2, 0) is 36.5 Å². The maximum Gasteiger partial charge on any atom is 0.0114 e. The summed E-state index contributed by atoms with van der Waals surface area (Å²) >= 11 is 0. The van der Waals surface area contributed by atoms with E-state index in [2.05, 4.69) is 170 Å². The molecule has 0 aromatic heterocycles. The fourth-order valence-electron chi connectivity index (χ4n) is 17.0. The van der Waals surface area contributed by atoms with E-state index < -0.39 is 0 Å². The first-order chi connectivity index (χ1) is 30.2. The molecule has 10 aromatic carbocycles. The third-order valence-electron chi connectivity index (χ3n) is 18.5. The molecule has 10 aromatic rings. The molecule has 0 N–H and O–H groups in total. The Morgan fingerprint density at radius 1 is 0.344 bits per heavy atom. The van der Waals surface area contributed by atoms with Crippen LogP contribution in [0.25, 0.3) is 64.6 Å². The van der Waals surface area contributed by atoms with Crippen LogP contribution in [0.1, 0.15) is 69.2 Å². The first-order valence-electron chi connectivity index (χ1n) is 23.0. The highest BCUT2D eigenvalue weighted by molar-refractivity contribution is 6.14. The van der Waals surface area contributed by atoms with Crippen LogP contribution in [0.2, 0.25) is 0 Å². The molecule has 0 radical (unpaired) electrons. The van der Waals surface area contributed by atoms with Crippen LogP contribution < -0.4 is 0 Å². The molecule has 0 amide bonds. The van der Waals surface area contributed by atoms with Gasteiger partial charge < -0.3 is 0 Å². The molecule has 3 spiro atoms. The third-order valence-corrected chi connectivity index (χ3v) is 18.5. The molecule has 0 nitrogen and oxygen atoms in total. The zero-order valence-electron chi connectivity index (χ0n) is 34.2. The second-order valence-electron chi connectivity index (χ2n) is 20.4. The van der Waals surface area contributed by atoms with E-state index in [1.165, 1.54) is 90.3 Å². The molecule has 6 aliphatic carbocycles. The van der Waals surface area contributed by atoms with Crippen LogP contribution in [0, 0.1) is 17.3 Å². The van der Waals surface area contributed by atoms with E-state index in [1.54, 1.807) is 44.5 Å². The first kappa shape index (κ1) is 32.5. The van der Waals surface area contributed by atoms with Crippen molar-refractivity contribution in [2.24, 2.45) is 17.3 Å². The average molecular weight is 777 g/mol. The minimum absolute atomic E-state index is 0.0248. The number of benzene rings is 10. The molecule has 0 heteroatoms. The van der Waals surface area contributed by atoms with Gasteiger partial charge in [0.1, 0.15) is 0 Å². The van der Waals surface area contributed by atoms with Crippen LogP contribution in [0.3, 0.4) is 0 Å². The van der Waals surface area contributed by atoms with Crippen molar-refractivity contribution < 1.29 is 0 Å². The van der Waals surface area contributed by atoms with Crippen LogP contribution in [0.15, 0.2) is 170 Å². The van der Waals surface area contributed by atoms with Crippen molar-refractivity contribution in [3.63, 3.8) is 0 Å². The van der Waals surface area contributed by atoms with E-state index >= 15 is 0 Å². The summed E-state index contributed by atoms with van der Waals surface area (Å²) in [7, 11) is 0. The number of rotatable bonds is 0. The molecule has 2 bridgehead atoms. The van der Waals surface area contributed by atoms with Gasteiger partial charge in [-0.3, -0.25) is 0 Å². The van der Waals surface area contributed by atoms with Crippen molar-refractivity contribution >= 4 is 64.6 Å². The quantitative estimate of drug-likeness (QED) is 0.135. The van der Waals surface area contributed by atoms with E-state index in [-0.39, 0.29) is 16.2 Å². The fraction of sp³-hybridized carbons (Fsp3) is 0.213. The summed E-state index contributed by atoms with van der Waals surface area (Å²) in [6.45, 7) is 0. The second kappa shape index (κ2) is 10.8. The molecule has 0 heterocycles. The Hall–Kier alpha value is -6.24. The van der Waals surface area contributed by atoms with Gasteiger partial charge in [0.25, 0.3) is 0 Å². The van der Waals surface area contributed by atoms with Crippen LogP contribution in [0.4, 0.5) is 0 Å². The third kappa shape index (κ3) is 3.61. The first-order valence-corrected chi connectivity index (χ1v) is 23.0. The Morgan fingerprint density at radius 2 is 0.689 bits per heavy atom. The lowest BCUT2D eigenvalue weighted by Gasteiger charge is -2.66. The van der Waals surface area contributed by atoms with Gasteiger partial charge in [-0.1, -0.05) is 170 Å². The van der Waals surface area contributed by atoms with Crippen molar-refractivity contribution in [1.82, 2.24) is 0 Å². The smallest absolute Gasteiger partial charge is 0.0114 e. The van der Waals surface area contributed by atoms with Gasteiger partial charge in [-0.2, -0.15) is 0 Å². The molecule has 61 heavy (non-hydrogen) atoms. The monoisotopic (exact) mass is 776 g/mol. The topological polar surface area (TPSA) is 0 Å². The average Bonchev–Trinajstić information content (AvgIpc) is 4.02. The summed E-state index contributed by atoms with van der Waals surface area (Å²) in [6, 6.07) is 67.3. The second-order valence-corrected chi connectivity index (χ2v) is 20.4. The minimum atomic E-state index is -0.0248. The molecule has 0 aliphatic heterocycles. The summed E-state index contributed by atoms with van der Waals surface area (Å²) in [5.74, 6) is 2.06. The van der Waals surface area contributed by atoms with Gasteiger partial charge in [0.05, 0.1) is 0 Å². The Balaban J connectivity index is 1.08. The molecule has 288 valence electrons. The van der Waals surface area contributed by atoms with Gasteiger partial charge in [0.15, 0.2) is 0 Å². The Morgan fingerprint density at radius 3 is 1.11 bits per heavy atom. The summed E-state index contributed by atoms with van der Waals surface area (Å²) in [6.07, 6.45) is 7.18. The Bertz CT molecular complexity index is 3430. The molecule has 6 atom stereocenters.